The van der Waals surface area contributed by atoms with Crippen LogP contribution in [0.3, 0.4) is 0 Å². The summed E-state index contributed by atoms with van der Waals surface area (Å²) in [6.07, 6.45) is 1.76. The number of carbonyl (C=O) groups excluding carboxylic acids is 1. The van der Waals surface area contributed by atoms with Crippen LogP contribution in [-0.4, -0.2) is 16.9 Å². The first kappa shape index (κ1) is 16.9. The number of halogens is 1. The first-order valence-electron chi connectivity index (χ1n) is 7.66. The summed E-state index contributed by atoms with van der Waals surface area (Å²) < 4.78 is 0. The fourth-order valence-corrected chi connectivity index (χ4v) is 3.13. The Bertz CT molecular complexity index is 1020. The predicted molar refractivity (Wildman–Crippen MR) is 102 cm³/mol. The maximum atomic E-state index is 12.2. The minimum Gasteiger partial charge on any atom is -0.370 e. The lowest BCUT2D eigenvalue weighted by molar-refractivity contribution is 0.100. The topological polar surface area (TPSA) is 94.4 Å². The Morgan fingerprint density at radius 3 is 2.48 bits per heavy atom. The van der Waals surface area contributed by atoms with Crippen LogP contribution in [0.15, 0.2) is 47.6 Å². The molecule has 0 aliphatic heterocycles. The molecule has 1 amide bonds. The van der Waals surface area contributed by atoms with E-state index in [0.29, 0.717) is 10.6 Å². The Hall–Kier alpha value is -2.92. The molecule has 1 aromatic heterocycles. The van der Waals surface area contributed by atoms with E-state index in [0.717, 1.165) is 33.2 Å². The lowest BCUT2D eigenvalue weighted by Gasteiger charge is -2.12. The third-order valence-corrected chi connectivity index (χ3v) is 4.23. The van der Waals surface area contributed by atoms with Crippen LogP contribution in [0.25, 0.3) is 22.0 Å². The molecule has 1 heterocycles. The summed E-state index contributed by atoms with van der Waals surface area (Å²) in [4.78, 5) is 20.3. The molecule has 5 nitrogen and oxygen atoms in total. The summed E-state index contributed by atoms with van der Waals surface area (Å²) >= 11 is 6.07. The molecule has 0 saturated carbocycles. The van der Waals surface area contributed by atoms with Gasteiger partial charge in [-0.05, 0) is 66.4 Å². The Morgan fingerprint density at radius 2 is 1.80 bits per heavy atom. The maximum Gasteiger partial charge on any atom is 0.280 e. The molecular formula is C19H17ClN4O. The fraction of sp³-hybridized carbons (Fsp3) is 0.105. The maximum absolute atomic E-state index is 12.2. The van der Waals surface area contributed by atoms with E-state index in [1.165, 1.54) is 0 Å². The monoisotopic (exact) mass is 352 g/mol. The number of hydrogen-bond acceptors (Lipinski definition) is 2. The van der Waals surface area contributed by atoms with Gasteiger partial charge in [0.25, 0.3) is 5.91 Å². The van der Waals surface area contributed by atoms with E-state index in [1.54, 1.807) is 18.3 Å². The van der Waals surface area contributed by atoms with E-state index in [1.807, 2.05) is 38.1 Å². The van der Waals surface area contributed by atoms with Gasteiger partial charge in [0.15, 0.2) is 5.96 Å². The molecule has 0 bridgehead atoms. The van der Waals surface area contributed by atoms with Gasteiger partial charge in [0.1, 0.15) is 0 Å². The molecule has 0 unspecified atom stereocenters. The van der Waals surface area contributed by atoms with Crippen molar-refractivity contribution in [2.45, 2.75) is 13.8 Å². The van der Waals surface area contributed by atoms with Gasteiger partial charge >= 0.3 is 0 Å². The highest BCUT2D eigenvalue weighted by atomic mass is 35.5. The molecular weight excluding hydrogens is 336 g/mol. The number of aryl methyl sites for hydroxylation is 2. The number of guanidine groups is 1. The number of pyridine rings is 1. The van der Waals surface area contributed by atoms with Crippen molar-refractivity contribution < 1.29 is 4.79 Å². The number of nitrogens with two attached hydrogens (primary N) is 2. The van der Waals surface area contributed by atoms with Gasteiger partial charge in [-0.1, -0.05) is 17.7 Å². The van der Waals surface area contributed by atoms with Crippen molar-refractivity contribution in [2.75, 3.05) is 0 Å². The molecule has 0 atom stereocenters. The SMILES string of the molecule is Cc1cc(Cl)ccc1-c1ccnc2c(C)cc(C(=O)N=C(N)N)cc12. The van der Waals surface area contributed by atoms with Gasteiger partial charge in [0.2, 0.25) is 0 Å². The first-order valence-corrected chi connectivity index (χ1v) is 8.04. The molecule has 3 aromatic rings. The van der Waals surface area contributed by atoms with Crippen molar-refractivity contribution in [3.63, 3.8) is 0 Å². The zero-order valence-corrected chi connectivity index (χ0v) is 14.6. The van der Waals surface area contributed by atoms with Crippen LogP contribution in [0.5, 0.6) is 0 Å². The Labute approximate surface area is 150 Å². The van der Waals surface area contributed by atoms with E-state index in [-0.39, 0.29) is 5.96 Å². The second-order valence-corrected chi connectivity index (χ2v) is 6.29. The van der Waals surface area contributed by atoms with Crippen molar-refractivity contribution >= 4 is 34.4 Å². The average molecular weight is 353 g/mol. The summed E-state index contributed by atoms with van der Waals surface area (Å²) in [6, 6.07) is 11.1. The van der Waals surface area contributed by atoms with Crippen LogP contribution in [0, 0.1) is 13.8 Å². The van der Waals surface area contributed by atoms with Crippen LogP contribution in [0.2, 0.25) is 5.02 Å². The Balaban J connectivity index is 2.28. The largest absolute Gasteiger partial charge is 0.370 e. The molecule has 25 heavy (non-hydrogen) atoms. The van der Waals surface area contributed by atoms with E-state index in [4.69, 9.17) is 23.1 Å². The van der Waals surface area contributed by atoms with E-state index in [2.05, 4.69) is 9.98 Å². The van der Waals surface area contributed by atoms with Gasteiger partial charge in [-0.15, -0.1) is 0 Å². The number of fused-ring (bicyclic) bond motifs is 1. The standard InChI is InChI=1S/C19H17ClN4O/c1-10-8-13(20)3-4-14(10)15-5-6-23-17-11(2)7-12(9-16(15)17)18(25)24-19(21)22/h3-9H,1-2H3,(H4,21,22,24,25). The summed E-state index contributed by atoms with van der Waals surface area (Å²) in [5, 5.41) is 1.54. The fourth-order valence-electron chi connectivity index (χ4n) is 2.90. The third-order valence-electron chi connectivity index (χ3n) is 3.99. The van der Waals surface area contributed by atoms with Crippen molar-refractivity contribution in [1.29, 1.82) is 0 Å². The van der Waals surface area contributed by atoms with Crippen LogP contribution in [-0.2, 0) is 0 Å². The van der Waals surface area contributed by atoms with Crippen LogP contribution in [0.4, 0.5) is 0 Å². The van der Waals surface area contributed by atoms with Crippen molar-refractivity contribution in [2.24, 2.45) is 16.5 Å². The van der Waals surface area contributed by atoms with Gasteiger partial charge in [-0.25, -0.2) is 0 Å². The number of aliphatic imine (C=N–C) groups is 1. The van der Waals surface area contributed by atoms with Crippen molar-refractivity contribution in [3.05, 3.63) is 64.3 Å². The van der Waals surface area contributed by atoms with E-state index < -0.39 is 5.91 Å². The highest BCUT2D eigenvalue weighted by molar-refractivity contribution is 6.30. The minimum atomic E-state index is -0.479. The molecule has 0 spiro atoms. The van der Waals surface area contributed by atoms with E-state index in [9.17, 15) is 4.79 Å². The summed E-state index contributed by atoms with van der Waals surface area (Å²) in [5.41, 5.74) is 15.8. The third kappa shape index (κ3) is 3.32. The van der Waals surface area contributed by atoms with Crippen molar-refractivity contribution in [3.8, 4) is 11.1 Å². The van der Waals surface area contributed by atoms with E-state index >= 15 is 0 Å². The molecule has 0 aliphatic rings. The lowest BCUT2D eigenvalue weighted by atomic mass is 9.95. The normalized spacial score (nSPS) is 10.7. The van der Waals surface area contributed by atoms with Gasteiger partial charge < -0.3 is 11.5 Å². The van der Waals surface area contributed by atoms with Gasteiger partial charge in [-0.2, -0.15) is 4.99 Å². The quantitative estimate of drug-likeness (QED) is 0.544. The van der Waals surface area contributed by atoms with Gasteiger partial charge in [0.05, 0.1) is 5.52 Å². The zero-order chi connectivity index (χ0) is 18.1. The zero-order valence-electron chi connectivity index (χ0n) is 13.9. The highest BCUT2D eigenvalue weighted by Gasteiger charge is 2.13. The molecule has 0 aliphatic carbocycles. The van der Waals surface area contributed by atoms with Crippen molar-refractivity contribution in [1.82, 2.24) is 4.98 Å². The molecule has 3 rings (SSSR count). The summed E-state index contributed by atoms with van der Waals surface area (Å²) in [6.45, 7) is 3.90. The van der Waals surface area contributed by atoms with Crippen LogP contribution >= 0.6 is 11.6 Å². The second kappa shape index (κ2) is 6.53. The molecule has 0 radical (unpaired) electrons. The second-order valence-electron chi connectivity index (χ2n) is 5.85. The molecule has 2 aromatic carbocycles. The Morgan fingerprint density at radius 1 is 1.04 bits per heavy atom. The number of carbonyl (C=O) groups is 1. The van der Waals surface area contributed by atoms with Crippen LogP contribution in [0.1, 0.15) is 21.5 Å². The van der Waals surface area contributed by atoms with Gasteiger partial charge in [-0.3, -0.25) is 9.78 Å². The smallest absolute Gasteiger partial charge is 0.280 e. The molecule has 6 heteroatoms. The average Bonchev–Trinajstić information content (AvgIpc) is 2.54. The first-order chi connectivity index (χ1) is 11.9. The number of rotatable bonds is 2. The number of aromatic nitrogens is 1. The lowest BCUT2D eigenvalue weighted by Crippen LogP contribution is -2.24. The van der Waals surface area contributed by atoms with Gasteiger partial charge in [0, 0.05) is 22.2 Å². The minimum absolute atomic E-state index is 0.261. The molecule has 0 saturated heterocycles. The van der Waals surface area contributed by atoms with Crippen LogP contribution < -0.4 is 11.5 Å². The summed E-state index contributed by atoms with van der Waals surface area (Å²) in [7, 11) is 0. The number of nitrogens with zero attached hydrogens (tertiary/aromatic N) is 2. The molecule has 126 valence electrons. The summed E-state index contributed by atoms with van der Waals surface area (Å²) in [5.74, 6) is -0.740. The number of hydrogen-bond donors (Lipinski definition) is 2. The predicted octanol–water partition coefficient (Wildman–Crippen LogP) is 3.59. The Kier molecular flexibility index (Phi) is 4.42. The molecule has 0 fully saturated rings. The highest BCUT2D eigenvalue weighted by Crippen LogP contribution is 2.33. The molecule has 4 N–H and O–H groups in total. The number of benzene rings is 2. The number of amides is 1.